The monoisotopic (exact) mass is 316 g/mol. The van der Waals surface area contributed by atoms with Gasteiger partial charge in [0.2, 0.25) is 15.9 Å². The Hall–Kier alpha value is -0.920. The average molecular weight is 316 g/mol. The van der Waals surface area contributed by atoms with E-state index in [1.54, 1.807) is 11.3 Å². The lowest BCUT2D eigenvalue weighted by Crippen LogP contribution is -2.46. The Balaban J connectivity index is 1.71. The van der Waals surface area contributed by atoms with Gasteiger partial charge in [-0.25, -0.2) is 12.7 Å². The quantitative estimate of drug-likeness (QED) is 0.888. The summed E-state index contributed by atoms with van der Waals surface area (Å²) in [6.45, 7) is 0.989. The maximum atomic E-state index is 11.8. The number of piperidine rings is 1. The summed E-state index contributed by atoms with van der Waals surface area (Å²) < 4.78 is 24.3. The number of rotatable bonds is 5. The van der Waals surface area contributed by atoms with Gasteiger partial charge in [0.15, 0.2) is 0 Å². The topological polar surface area (TPSA) is 66.5 Å². The molecule has 0 bridgehead atoms. The third-order valence-corrected chi connectivity index (χ3v) is 5.71. The highest BCUT2D eigenvalue weighted by molar-refractivity contribution is 7.88. The number of sulfonamides is 1. The minimum absolute atomic E-state index is 0.0520. The van der Waals surface area contributed by atoms with Crippen LogP contribution in [0.1, 0.15) is 24.1 Å². The standard InChI is InChI=1S/C13H20N2O3S2/c1-20(17,18)15-8-6-11(7-9-15)14-13(16)5-4-12-3-2-10-19-12/h2-3,10-11H,4-9H2,1H3,(H,14,16). The van der Waals surface area contributed by atoms with Crippen molar-refractivity contribution in [2.24, 2.45) is 0 Å². The molecule has 0 unspecified atom stereocenters. The van der Waals surface area contributed by atoms with Crippen molar-refractivity contribution in [3.63, 3.8) is 0 Å². The molecule has 0 spiro atoms. The molecule has 1 aliphatic rings. The number of hydrogen-bond donors (Lipinski definition) is 1. The van der Waals surface area contributed by atoms with Crippen molar-refractivity contribution in [2.75, 3.05) is 19.3 Å². The number of aryl methyl sites for hydroxylation is 1. The second-order valence-corrected chi connectivity index (χ2v) is 8.10. The number of nitrogens with zero attached hydrogens (tertiary/aromatic N) is 1. The van der Waals surface area contributed by atoms with Crippen LogP contribution in [0, 0.1) is 0 Å². The molecule has 1 N–H and O–H groups in total. The van der Waals surface area contributed by atoms with Crippen LogP contribution >= 0.6 is 11.3 Å². The number of carbonyl (C=O) groups is 1. The minimum Gasteiger partial charge on any atom is -0.353 e. The highest BCUT2D eigenvalue weighted by atomic mass is 32.2. The summed E-state index contributed by atoms with van der Waals surface area (Å²) in [6, 6.07) is 4.12. The summed E-state index contributed by atoms with van der Waals surface area (Å²) >= 11 is 1.66. The van der Waals surface area contributed by atoms with Gasteiger partial charge in [-0.05, 0) is 30.7 Å². The molecule has 2 rings (SSSR count). The predicted octanol–water partition coefficient (Wildman–Crippen LogP) is 1.22. The number of carbonyl (C=O) groups excluding carboxylic acids is 1. The van der Waals surface area contributed by atoms with E-state index in [9.17, 15) is 13.2 Å². The van der Waals surface area contributed by atoms with E-state index in [-0.39, 0.29) is 11.9 Å². The summed E-state index contributed by atoms with van der Waals surface area (Å²) in [6.07, 6.45) is 3.88. The van der Waals surface area contributed by atoms with E-state index in [2.05, 4.69) is 5.32 Å². The first-order valence-corrected chi connectivity index (χ1v) is 9.45. The van der Waals surface area contributed by atoms with Crippen molar-refractivity contribution >= 4 is 27.3 Å². The molecule has 5 nitrogen and oxygen atoms in total. The van der Waals surface area contributed by atoms with Crippen molar-refractivity contribution < 1.29 is 13.2 Å². The van der Waals surface area contributed by atoms with Gasteiger partial charge in [-0.3, -0.25) is 4.79 Å². The second-order valence-electron chi connectivity index (χ2n) is 5.08. The highest BCUT2D eigenvalue weighted by Gasteiger charge is 2.25. The van der Waals surface area contributed by atoms with E-state index in [0.717, 1.165) is 6.42 Å². The van der Waals surface area contributed by atoms with Crippen LogP contribution in [-0.4, -0.2) is 44.0 Å². The molecule has 0 aromatic carbocycles. The van der Waals surface area contributed by atoms with Gasteiger partial charge >= 0.3 is 0 Å². The van der Waals surface area contributed by atoms with Crippen LogP contribution in [0.25, 0.3) is 0 Å². The molecule has 7 heteroatoms. The first kappa shape index (κ1) is 15.5. The number of nitrogens with one attached hydrogen (secondary N) is 1. The third kappa shape index (κ3) is 4.57. The van der Waals surface area contributed by atoms with Crippen LogP contribution < -0.4 is 5.32 Å². The van der Waals surface area contributed by atoms with Crippen LogP contribution in [0.4, 0.5) is 0 Å². The third-order valence-electron chi connectivity index (χ3n) is 3.47. The van der Waals surface area contributed by atoms with E-state index in [4.69, 9.17) is 0 Å². The maximum Gasteiger partial charge on any atom is 0.220 e. The van der Waals surface area contributed by atoms with E-state index in [0.29, 0.717) is 32.4 Å². The SMILES string of the molecule is CS(=O)(=O)N1CCC(NC(=O)CCc2cccs2)CC1. The molecule has 112 valence electrons. The van der Waals surface area contributed by atoms with Gasteiger partial charge in [0, 0.05) is 30.4 Å². The molecular weight excluding hydrogens is 296 g/mol. The Morgan fingerprint density at radius 1 is 1.45 bits per heavy atom. The maximum absolute atomic E-state index is 11.8. The molecule has 20 heavy (non-hydrogen) atoms. The minimum atomic E-state index is -3.10. The van der Waals surface area contributed by atoms with Gasteiger partial charge in [0.25, 0.3) is 0 Å². The number of hydrogen-bond acceptors (Lipinski definition) is 4. The van der Waals surface area contributed by atoms with Crippen molar-refractivity contribution in [1.29, 1.82) is 0 Å². The molecule has 0 aliphatic carbocycles. The number of thiophene rings is 1. The second kappa shape index (κ2) is 6.69. The smallest absolute Gasteiger partial charge is 0.220 e. The molecule has 0 radical (unpaired) electrons. The fourth-order valence-electron chi connectivity index (χ4n) is 2.32. The zero-order valence-corrected chi connectivity index (χ0v) is 13.2. The Morgan fingerprint density at radius 2 is 2.15 bits per heavy atom. The predicted molar refractivity (Wildman–Crippen MR) is 80.2 cm³/mol. The normalized spacial score (nSPS) is 18.1. The van der Waals surface area contributed by atoms with E-state index in [1.165, 1.54) is 15.4 Å². The van der Waals surface area contributed by atoms with Crippen LogP contribution in [0.5, 0.6) is 0 Å². The molecule has 1 aromatic rings. The first-order chi connectivity index (χ1) is 9.45. The molecule has 1 aliphatic heterocycles. The van der Waals surface area contributed by atoms with Gasteiger partial charge in [0.1, 0.15) is 0 Å². The molecule has 2 heterocycles. The average Bonchev–Trinajstić information content (AvgIpc) is 2.89. The van der Waals surface area contributed by atoms with E-state index >= 15 is 0 Å². The molecule has 1 fully saturated rings. The van der Waals surface area contributed by atoms with Crippen molar-refractivity contribution in [3.05, 3.63) is 22.4 Å². The molecule has 0 saturated carbocycles. The van der Waals surface area contributed by atoms with Gasteiger partial charge in [-0.1, -0.05) is 6.07 Å². The zero-order chi connectivity index (χ0) is 14.6. The summed E-state index contributed by atoms with van der Waals surface area (Å²) in [5, 5.41) is 5.01. The summed E-state index contributed by atoms with van der Waals surface area (Å²) in [7, 11) is -3.10. The molecular formula is C13H20N2O3S2. The van der Waals surface area contributed by atoms with Crippen LogP contribution in [0.3, 0.4) is 0 Å². The number of amides is 1. The van der Waals surface area contributed by atoms with Gasteiger partial charge < -0.3 is 5.32 Å². The lowest BCUT2D eigenvalue weighted by atomic mass is 10.1. The van der Waals surface area contributed by atoms with Gasteiger partial charge in [-0.2, -0.15) is 0 Å². The van der Waals surface area contributed by atoms with E-state index in [1.807, 2.05) is 17.5 Å². The fraction of sp³-hybridized carbons (Fsp3) is 0.615. The molecule has 1 aromatic heterocycles. The Kier molecular flexibility index (Phi) is 5.17. The molecule has 1 saturated heterocycles. The van der Waals surface area contributed by atoms with Gasteiger partial charge in [0.05, 0.1) is 6.26 Å². The van der Waals surface area contributed by atoms with Gasteiger partial charge in [-0.15, -0.1) is 11.3 Å². The summed E-state index contributed by atoms with van der Waals surface area (Å²) in [5.41, 5.74) is 0. The van der Waals surface area contributed by atoms with Crippen LogP contribution in [0.2, 0.25) is 0 Å². The van der Waals surface area contributed by atoms with Crippen molar-refractivity contribution in [1.82, 2.24) is 9.62 Å². The van der Waals surface area contributed by atoms with Crippen LogP contribution in [0.15, 0.2) is 17.5 Å². The Bertz CT molecular complexity index is 532. The lowest BCUT2D eigenvalue weighted by Gasteiger charge is -2.30. The highest BCUT2D eigenvalue weighted by Crippen LogP contribution is 2.14. The fourth-order valence-corrected chi connectivity index (χ4v) is 3.91. The van der Waals surface area contributed by atoms with Crippen molar-refractivity contribution in [2.45, 2.75) is 31.7 Å². The molecule has 1 amide bonds. The largest absolute Gasteiger partial charge is 0.353 e. The summed E-state index contributed by atoms with van der Waals surface area (Å²) in [5.74, 6) is 0.0520. The van der Waals surface area contributed by atoms with E-state index < -0.39 is 10.0 Å². The molecule has 0 atom stereocenters. The van der Waals surface area contributed by atoms with Crippen molar-refractivity contribution in [3.8, 4) is 0 Å². The lowest BCUT2D eigenvalue weighted by molar-refractivity contribution is -0.122. The zero-order valence-electron chi connectivity index (χ0n) is 11.5. The Labute approximate surface area is 124 Å². The summed E-state index contributed by atoms with van der Waals surface area (Å²) in [4.78, 5) is 13.1. The first-order valence-electron chi connectivity index (χ1n) is 6.72. The van der Waals surface area contributed by atoms with Crippen LogP contribution in [-0.2, 0) is 21.2 Å². The Morgan fingerprint density at radius 3 is 2.70 bits per heavy atom.